The van der Waals surface area contributed by atoms with Gasteiger partial charge in [-0.3, -0.25) is 0 Å². The Morgan fingerprint density at radius 3 is 2.94 bits per heavy atom. The van der Waals surface area contributed by atoms with Crippen LogP contribution in [0.15, 0.2) is 18.2 Å². The zero-order valence-electron chi connectivity index (χ0n) is 9.62. The Kier molecular flexibility index (Phi) is 9.45. The predicted molar refractivity (Wildman–Crippen MR) is 59.4 cm³/mol. The first-order valence-corrected chi connectivity index (χ1v) is 5.24. The number of ether oxygens (including phenoxy) is 2. The molecule has 1 aliphatic heterocycles. The molecule has 0 bridgehead atoms. The Morgan fingerprint density at radius 1 is 1.47 bits per heavy atom. The van der Waals surface area contributed by atoms with E-state index in [0.717, 1.165) is 31.4 Å². The number of benzene rings is 1. The molecule has 0 aliphatic carbocycles. The van der Waals surface area contributed by atoms with Crippen LogP contribution >= 0.6 is 0 Å². The molecule has 5 heteroatoms. The molecular weight excluding hydrogens is 299 g/mol. The molecule has 1 aromatic rings. The van der Waals surface area contributed by atoms with E-state index < -0.39 is 0 Å². The van der Waals surface area contributed by atoms with Crippen molar-refractivity contribution in [1.29, 1.82) is 0 Å². The van der Waals surface area contributed by atoms with Crippen LogP contribution in [0.25, 0.3) is 0 Å². The second kappa shape index (κ2) is 9.27. The van der Waals surface area contributed by atoms with Crippen molar-refractivity contribution in [3.05, 3.63) is 35.6 Å². The average Bonchev–Trinajstić information content (AvgIpc) is 2.28. The maximum Gasteiger partial charge on any atom is 2.00 e. The Morgan fingerprint density at radius 2 is 2.29 bits per heavy atom. The summed E-state index contributed by atoms with van der Waals surface area (Å²) in [6, 6.07) is 7.30. The van der Waals surface area contributed by atoms with Crippen molar-refractivity contribution in [3.63, 3.8) is 0 Å². The smallest absolute Gasteiger partial charge is 1.00 e. The molecule has 0 amide bonds. The van der Waals surface area contributed by atoms with E-state index in [1.165, 1.54) is 12.1 Å². The van der Waals surface area contributed by atoms with Crippen LogP contribution in [-0.4, -0.2) is 35.9 Å². The molecule has 0 N–H and O–H groups in total. The van der Waals surface area contributed by atoms with Crippen molar-refractivity contribution in [3.8, 4) is 0 Å². The zero-order valence-corrected chi connectivity index (χ0v) is 12.6. The molecule has 1 aromatic carbocycles. The molecule has 2 rings (SSSR count). The third kappa shape index (κ3) is 6.15. The van der Waals surface area contributed by atoms with Crippen LogP contribution in [0.5, 0.6) is 0 Å². The number of hydrogen-bond donors (Lipinski definition) is 0. The van der Waals surface area contributed by atoms with Crippen LogP contribution in [-0.2, 0) is 16.1 Å². The molecular formula is C12H14BrFMgO2. The predicted octanol–water partition coefficient (Wildman–Crippen LogP) is -0.708. The van der Waals surface area contributed by atoms with Gasteiger partial charge in [0.2, 0.25) is 0 Å². The van der Waals surface area contributed by atoms with Gasteiger partial charge in [-0.25, -0.2) is 4.39 Å². The van der Waals surface area contributed by atoms with Gasteiger partial charge in [0.25, 0.3) is 0 Å². The fraction of sp³-hybridized carbons (Fsp3) is 0.500. The van der Waals surface area contributed by atoms with Gasteiger partial charge in [0, 0.05) is 12.4 Å². The minimum Gasteiger partial charge on any atom is -1.00 e. The summed E-state index contributed by atoms with van der Waals surface area (Å²) in [5, 5.41) is 0. The van der Waals surface area contributed by atoms with Crippen molar-refractivity contribution in [2.24, 2.45) is 0 Å². The fourth-order valence-electron chi connectivity index (χ4n) is 1.59. The van der Waals surface area contributed by atoms with E-state index in [4.69, 9.17) is 9.47 Å². The minimum absolute atomic E-state index is 0. The Bertz CT molecular complexity index is 319. The molecule has 1 atom stereocenters. The number of rotatable bonds is 3. The SMILES string of the molecule is Fc1cc[c-]c(COC2CCCCO2)c1.[Br-].[Mg+2]. The summed E-state index contributed by atoms with van der Waals surface area (Å²) in [4.78, 5) is 0. The van der Waals surface area contributed by atoms with Gasteiger partial charge >= 0.3 is 23.1 Å². The van der Waals surface area contributed by atoms with Crippen LogP contribution in [0.4, 0.5) is 4.39 Å². The zero-order chi connectivity index (χ0) is 10.5. The molecule has 0 saturated carbocycles. The minimum atomic E-state index is -0.253. The summed E-state index contributed by atoms with van der Waals surface area (Å²) in [6.45, 7) is 1.12. The normalized spacial score (nSPS) is 19.0. The van der Waals surface area contributed by atoms with Crippen LogP contribution in [0, 0.1) is 11.9 Å². The van der Waals surface area contributed by atoms with Gasteiger partial charge in [-0.2, -0.15) is 12.1 Å². The first-order chi connectivity index (χ1) is 7.34. The maximum atomic E-state index is 12.8. The summed E-state index contributed by atoms with van der Waals surface area (Å²) >= 11 is 0. The molecule has 0 spiro atoms. The first-order valence-electron chi connectivity index (χ1n) is 5.24. The van der Waals surface area contributed by atoms with Crippen LogP contribution in [0.1, 0.15) is 24.8 Å². The van der Waals surface area contributed by atoms with E-state index in [-0.39, 0.29) is 52.1 Å². The van der Waals surface area contributed by atoms with Crippen LogP contribution < -0.4 is 17.0 Å². The summed E-state index contributed by atoms with van der Waals surface area (Å²) < 4.78 is 23.7. The Balaban J connectivity index is 0.00000128. The van der Waals surface area contributed by atoms with Gasteiger partial charge in [0.05, 0.1) is 6.61 Å². The van der Waals surface area contributed by atoms with Crippen molar-refractivity contribution >= 4 is 23.1 Å². The fourth-order valence-corrected chi connectivity index (χ4v) is 1.59. The largest absolute Gasteiger partial charge is 2.00 e. The van der Waals surface area contributed by atoms with Crippen LogP contribution in [0.2, 0.25) is 0 Å². The van der Waals surface area contributed by atoms with Gasteiger partial charge < -0.3 is 26.5 Å². The third-order valence-electron chi connectivity index (χ3n) is 2.39. The van der Waals surface area contributed by atoms with E-state index in [2.05, 4.69) is 6.07 Å². The van der Waals surface area contributed by atoms with Crippen LogP contribution in [0.3, 0.4) is 0 Å². The van der Waals surface area contributed by atoms with Gasteiger partial charge in [0.15, 0.2) is 6.29 Å². The quantitative estimate of drug-likeness (QED) is 0.542. The molecule has 1 heterocycles. The van der Waals surface area contributed by atoms with E-state index in [0.29, 0.717) is 6.61 Å². The molecule has 1 unspecified atom stereocenters. The molecule has 90 valence electrons. The number of hydrogen-bond acceptors (Lipinski definition) is 2. The van der Waals surface area contributed by atoms with Gasteiger partial charge in [0.1, 0.15) is 0 Å². The van der Waals surface area contributed by atoms with E-state index in [9.17, 15) is 4.39 Å². The summed E-state index contributed by atoms with van der Waals surface area (Å²) in [7, 11) is 0. The molecule has 0 radical (unpaired) electrons. The Labute approximate surface area is 128 Å². The first kappa shape index (κ1) is 17.3. The monoisotopic (exact) mass is 312 g/mol. The molecule has 17 heavy (non-hydrogen) atoms. The second-order valence-corrected chi connectivity index (χ2v) is 3.64. The maximum absolute atomic E-state index is 12.8. The molecule has 1 aliphatic rings. The van der Waals surface area contributed by atoms with Crippen molar-refractivity contribution < 1.29 is 30.8 Å². The molecule has 2 nitrogen and oxygen atoms in total. The van der Waals surface area contributed by atoms with E-state index in [1.54, 1.807) is 6.07 Å². The van der Waals surface area contributed by atoms with Crippen molar-refractivity contribution in [2.45, 2.75) is 32.2 Å². The molecule has 1 fully saturated rings. The molecule has 1 saturated heterocycles. The summed E-state index contributed by atoms with van der Waals surface area (Å²) in [6.07, 6.45) is 3.04. The van der Waals surface area contributed by atoms with Gasteiger partial charge in [-0.15, -0.1) is 17.7 Å². The van der Waals surface area contributed by atoms with E-state index >= 15 is 0 Å². The second-order valence-electron chi connectivity index (χ2n) is 3.64. The summed E-state index contributed by atoms with van der Waals surface area (Å²) in [5.74, 6) is -0.253. The molecule has 0 aromatic heterocycles. The van der Waals surface area contributed by atoms with Gasteiger partial charge in [-0.1, -0.05) is 0 Å². The standard InChI is InChI=1S/C12H14FO2.BrH.Mg/c13-11-5-3-4-10(8-11)9-15-12-6-1-2-7-14-12;;/h3,5,8,12H,1-2,6-7,9H2;1H;/q-1;;+2/p-1. The van der Waals surface area contributed by atoms with Crippen molar-refractivity contribution in [1.82, 2.24) is 0 Å². The Hall–Kier alpha value is 0.316. The summed E-state index contributed by atoms with van der Waals surface area (Å²) in [5.41, 5.74) is 0.726. The van der Waals surface area contributed by atoms with E-state index in [1.807, 2.05) is 0 Å². The van der Waals surface area contributed by atoms with Crippen molar-refractivity contribution in [2.75, 3.05) is 6.61 Å². The van der Waals surface area contributed by atoms with Gasteiger partial charge in [-0.05, 0) is 19.3 Å². The number of halogens is 2. The topological polar surface area (TPSA) is 18.5 Å². The third-order valence-corrected chi connectivity index (χ3v) is 2.39. The average molecular weight is 313 g/mol.